The van der Waals surface area contributed by atoms with Crippen LogP contribution in [0.25, 0.3) is 5.78 Å². The molecule has 7 nitrogen and oxygen atoms in total. The molecule has 2 aromatic rings. The van der Waals surface area contributed by atoms with E-state index in [0.717, 1.165) is 0 Å². The van der Waals surface area contributed by atoms with Crippen LogP contribution in [0.15, 0.2) is 4.79 Å². The number of nitrogens with one attached hydrogen (secondary N) is 1. The van der Waals surface area contributed by atoms with Crippen molar-refractivity contribution in [3.8, 4) is 0 Å². The highest BCUT2D eigenvalue weighted by atomic mass is 16.1. The monoisotopic (exact) mass is 152 g/mol. The van der Waals surface area contributed by atoms with Crippen molar-refractivity contribution < 1.29 is 0 Å². The van der Waals surface area contributed by atoms with E-state index < -0.39 is 5.69 Å². The van der Waals surface area contributed by atoms with Crippen LogP contribution >= 0.6 is 0 Å². The Bertz CT molecular complexity index is 441. The molecule has 0 aliphatic heterocycles. The highest BCUT2D eigenvalue weighted by molar-refractivity contribution is 5.20. The number of aromatic amines is 1. The van der Waals surface area contributed by atoms with Gasteiger partial charge in [0.2, 0.25) is 0 Å². The van der Waals surface area contributed by atoms with E-state index in [0.29, 0.717) is 11.6 Å². The first-order chi connectivity index (χ1) is 5.27. The predicted octanol–water partition coefficient (Wildman–Crippen LogP) is -1.48. The van der Waals surface area contributed by atoms with E-state index in [-0.39, 0.29) is 0 Å². The first-order valence-electron chi connectivity index (χ1n) is 2.92. The molecule has 0 radical (unpaired) electrons. The van der Waals surface area contributed by atoms with Gasteiger partial charge in [-0.05, 0) is 6.92 Å². The van der Waals surface area contributed by atoms with Crippen molar-refractivity contribution in [1.82, 2.24) is 30.0 Å². The summed E-state index contributed by atoms with van der Waals surface area (Å²) < 4.78 is 1.37. The molecule has 2 heterocycles. The number of rotatable bonds is 0. The van der Waals surface area contributed by atoms with Crippen LogP contribution in [0.3, 0.4) is 0 Å². The minimum Gasteiger partial charge on any atom is -0.243 e. The van der Waals surface area contributed by atoms with Crippen molar-refractivity contribution in [1.29, 1.82) is 0 Å². The van der Waals surface area contributed by atoms with Crippen molar-refractivity contribution in [2.45, 2.75) is 6.92 Å². The average Bonchev–Trinajstić information content (AvgIpc) is 2.33. The summed E-state index contributed by atoms with van der Waals surface area (Å²) in [5, 5.41) is 16.4. The maximum Gasteiger partial charge on any atom is 0.378 e. The summed E-state index contributed by atoms with van der Waals surface area (Å²) in [6.07, 6.45) is 0. The fraction of sp³-hybridized carbons (Fsp3) is 0.250. The van der Waals surface area contributed by atoms with Gasteiger partial charge in [-0.3, -0.25) is 0 Å². The van der Waals surface area contributed by atoms with E-state index in [9.17, 15) is 4.79 Å². The van der Waals surface area contributed by atoms with Gasteiger partial charge < -0.3 is 0 Å². The van der Waals surface area contributed by atoms with Gasteiger partial charge in [0.05, 0.1) is 0 Å². The number of H-pyrrole nitrogens is 1. The summed E-state index contributed by atoms with van der Waals surface area (Å²) in [4.78, 5) is 10.6. The lowest BCUT2D eigenvalue weighted by Crippen LogP contribution is -2.17. The molecule has 2 rings (SSSR count). The Labute approximate surface area is 60.1 Å². The molecule has 0 aromatic carbocycles. The fourth-order valence-electron chi connectivity index (χ4n) is 0.755. The summed E-state index contributed by atoms with van der Waals surface area (Å²) in [6, 6.07) is 0. The van der Waals surface area contributed by atoms with Gasteiger partial charge in [-0.1, -0.05) is 5.10 Å². The molecule has 0 bridgehead atoms. The fourth-order valence-corrected chi connectivity index (χ4v) is 0.755. The molecule has 1 N–H and O–H groups in total. The molecule has 0 amide bonds. The third-order valence-electron chi connectivity index (χ3n) is 1.25. The number of fused-ring (bicyclic) bond motifs is 1. The molecular formula is C4H4N6O. The van der Waals surface area contributed by atoms with Crippen LogP contribution in [0.1, 0.15) is 5.82 Å². The van der Waals surface area contributed by atoms with Crippen molar-refractivity contribution in [2.24, 2.45) is 0 Å². The van der Waals surface area contributed by atoms with Crippen LogP contribution in [-0.4, -0.2) is 30.0 Å². The van der Waals surface area contributed by atoms with Gasteiger partial charge in [0.15, 0.2) is 5.82 Å². The van der Waals surface area contributed by atoms with Gasteiger partial charge in [0, 0.05) is 0 Å². The number of hydrogen-bond acceptors (Lipinski definition) is 5. The number of hydrogen-bond donors (Lipinski definition) is 1. The molecule has 56 valence electrons. The van der Waals surface area contributed by atoms with Crippen molar-refractivity contribution in [3.05, 3.63) is 16.3 Å². The Morgan fingerprint density at radius 1 is 1.27 bits per heavy atom. The Morgan fingerprint density at radius 2 is 2.00 bits per heavy atom. The number of nitrogens with zero attached hydrogens (tertiary/aromatic N) is 5. The van der Waals surface area contributed by atoms with Gasteiger partial charge in [-0.15, -0.1) is 15.3 Å². The highest BCUT2D eigenvalue weighted by Gasteiger charge is 2.00. The van der Waals surface area contributed by atoms with Gasteiger partial charge >= 0.3 is 5.69 Å². The third-order valence-corrected chi connectivity index (χ3v) is 1.25. The molecule has 2 aromatic heterocycles. The normalized spacial score (nSPS) is 10.6. The minimum atomic E-state index is -0.514. The van der Waals surface area contributed by atoms with Gasteiger partial charge in [-0.25, -0.2) is 9.89 Å². The third kappa shape index (κ3) is 0.775. The second kappa shape index (κ2) is 1.84. The molecule has 0 aliphatic carbocycles. The zero-order valence-electron chi connectivity index (χ0n) is 5.64. The summed E-state index contributed by atoms with van der Waals surface area (Å²) >= 11 is 0. The minimum absolute atomic E-state index is 0.294. The molecule has 0 atom stereocenters. The summed E-state index contributed by atoms with van der Waals surface area (Å²) in [5.41, 5.74) is -0.514. The highest BCUT2D eigenvalue weighted by Crippen LogP contribution is 1.89. The van der Waals surface area contributed by atoms with Crippen LogP contribution in [-0.2, 0) is 0 Å². The number of aromatic nitrogens is 6. The molecule has 0 aliphatic rings. The maximum absolute atomic E-state index is 10.6. The van der Waals surface area contributed by atoms with E-state index in [4.69, 9.17) is 0 Å². The first kappa shape index (κ1) is 5.96. The average molecular weight is 152 g/mol. The molecule has 0 spiro atoms. The zero-order valence-corrected chi connectivity index (χ0v) is 5.64. The molecule has 7 heteroatoms. The van der Waals surface area contributed by atoms with Crippen molar-refractivity contribution in [3.63, 3.8) is 0 Å². The second-order valence-electron chi connectivity index (χ2n) is 2.00. The zero-order chi connectivity index (χ0) is 7.84. The SMILES string of the molecule is Cc1nnc2nnc(=O)[nH]n12. The molecule has 0 saturated carbocycles. The first-order valence-corrected chi connectivity index (χ1v) is 2.92. The van der Waals surface area contributed by atoms with Crippen LogP contribution in [0.2, 0.25) is 0 Å². The largest absolute Gasteiger partial charge is 0.378 e. The lowest BCUT2D eigenvalue weighted by atomic mass is 10.7. The second-order valence-corrected chi connectivity index (χ2v) is 2.00. The molecule has 0 fully saturated rings. The Hall–Kier alpha value is -1.79. The quantitative estimate of drug-likeness (QED) is 0.497. The van der Waals surface area contributed by atoms with Crippen LogP contribution in [0.4, 0.5) is 0 Å². The standard InChI is InChI=1S/C4H4N6O/c1-2-5-6-3-7-8-4(11)9-10(2)3/h1H3,(H,9,11). The summed E-state index contributed by atoms with van der Waals surface area (Å²) in [6.45, 7) is 1.71. The lowest BCUT2D eigenvalue weighted by molar-refractivity contribution is 0.765. The van der Waals surface area contributed by atoms with E-state index in [2.05, 4.69) is 25.5 Å². The maximum atomic E-state index is 10.6. The van der Waals surface area contributed by atoms with Crippen molar-refractivity contribution >= 4 is 5.78 Å². The van der Waals surface area contributed by atoms with Crippen LogP contribution in [0.5, 0.6) is 0 Å². The van der Waals surface area contributed by atoms with Crippen LogP contribution in [0, 0.1) is 6.92 Å². The smallest absolute Gasteiger partial charge is 0.243 e. The van der Waals surface area contributed by atoms with E-state index in [1.807, 2.05) is 0 Å². The number of aryl methyl sites for hydroxylation is 1. The topological polar surface area (TPSA) is 88.8 Å². The van der Waals surface area contributed by atoms with Gasteiger partial charge in [0.1, 0.15) is 0 Å². The van der Waals surface area contributed by atoms with Crippen LogP contribution < -0.4 is 5.69 Å². The Balaban J connectivity index is 2.98. The van der Waals surface area contributed by atoms with E-state index >= 15 is 0 Å². The summed E-state index contributed by atoms with van der Waals surface area (Å²) in [5.74, 6) is 0.870. The lowest BCUT2D eigenvalue weighted by Gasteiger charge is -1.88. The predicted molar refractivity (Wildman–Crippen MR) is 33.9 cm³/mol. The van der Waals surface area contributed by atoms with E-state index in [1.54, 1.807) is 6.92 Å². The molecular weight excluding hydrogens is 148 g/mol. The Morgan fingerprint density at radius 3 is 2.82 bits per heavy atom. The summed E-state index contributed by atoms with van der Waals surface area (Å²) in [7, 11) is 0. The Kier molecular flexibility index (Phi) is 0.999. The van der Waals surface area contributed by atoms with E-state index in [1.165, 1.54) is 4.52 Å². The molecule has 0 saturated heterocycles. The van der Waals surface area contributed by atoms with Gasteiger partial charge in [0.25, 0.3) is 5.78 Å². The van der Waals surface area contributed by atoms with Crippen molar-refractivity contribution in [2.75, 3.05) is 0 Å². The molecule has 0 unspecified atom stereocenters. The molecule has 11 heavy (non-hydrogen) atoms. The van der Waals surface area contributed by atoms with Gasteiger partial charge in [-0.2, -0.15) is 4.52 Å².